The molecule has 0 atom stereocenters. The predicted octanol–water partition coefficient (Wildman–Crippen LogP) is 4.36. The van der Waals surface area contributed by atoms with Crippen LogP contribution in [0.4, 0.5) is 5.13 Å². The van der Waals surface area contributed by atoms with Gasteiger partial charge in [-0.3, -0.25) is 0 Å². The highest BCUT2D eigenvalue weighted by molar-refractivity contribution is 7.15. The highest BCUT2D eigenvalue weighted by atomic mass is 32.1. The fraction of sp³-hybridized carbons (Fsp3) is 0.824. The van der Waals surface area contributed by atoms with E-state index < -0.39 is 0 Å². The van der Waals surface area contributed by atoms with Crippen LogP contribution in [0.15, 0.2) is 0 Å². The smallest absolute Gasteiger partial charge is 0.185 e. The van der Waals surface area contributed by atoms with Crippen molar-refractivity contribution < 1.29 is 0 Å². The molecule has 0 aromatic carbocycles. The first-order valence-corrected chi connectivity index (χ1v) is 9.30. The third-order valence-electron chi connectivity index (χ3n) is 4.01. The fourth-order valence-electron chi connectivity index (χ4n) is 2.70. The molecule has 1 saturated heterocycles. The summed E-state index contributed by atoms with van der Waals surface area (Å²) in [6.45, 7) is 12.2. The summed E-state index contributed by atoms with van der Waals surface area (Å²) in [6, 6.07) is 0. The molecule has 4 heteroatoms. The van der Waals surface area contributed by atoms with Gasteiger partial charge in [-0.05, 0) is 40.0 Å². The molecule has 0 saturated carbocycles. The lowest BCUT2D eigenvalue weighted by atomic mass is 10.1. The number of nitrogens with one attached hydrogen (secondary N) is 1. The lowest BCUT2D eigenvalue weighted by Gasteiger charge is -2.24. The number of hydrogen-bond acceptors (Lipinski definition) is 4. The molecule has 1 fully saturated rings. The van der Waals surface area contributed by atoms with Crippen molar-refractivity contribution in [2.45, 2.75) is 78.3 Å². The van der Waals surface area contributed by atoms with E-state index in [-0.39, 0.29) is 5.54 Å². The van der Waals surface area contributed by atoms with E-state index in [1.807, 2.05) is 11.3 Å². The van der Waals surface area contributed by atoms with Crippen LogP contribution in [0.2, 0.25) is 0 Å². The van der Waals surface area contributed by atoms with E-state index in [4.69, 9.17) is 4.98 Å². The molecule has 120 valence electrons. The van der Waals surface area contributed by atoms with Gasteiger partial charge < -0.3 is 10.2 Å². The summed E-state index contributed by atoms with van der Waals surface area (Å²) < 4.78 is 0. The van der Waals surface area contributed by atoms with Crippen LogP contribution in [-0.2, 0) is 13.0 Å². The van der Waals surface area contributed by atoms with E-state index in [0.717, 1.165) is 13.0 Å². The van der Waals surface area contributed by atoms with Crippen LogP contribution in [0.3, 0.4) is 0 Å². The van der Waals surface area contributed by atoms with E-state index in [1.54, 1.807) is 0 Å². The Morgan fingerprint density at radius 2 is 1.71 bits per heavy atom. The minimum Gasteiger partial charge on any atom is -0.348 e. The molecule has 0 amide bonds. The molecule has 0 aliphatic carbocycles. The van der Waals surface area contributed by atoms with E-state index in [1.165, 1.54) is 60.9 Å². The third-order valence-corrected chi connectivity index (χ3v) is 5.17. The van der Waals surface area contributed by atoms with Gasteiger partial charge in [0.2, 0.25) is 0 Å². The molecule has 0 unspecified atom stereocenters. The Morgan fingerprint density at radius 3 is 2.29 bits per heavy atom. The quantitative estimate of drug-likeness (QED) is 0.895. The van der Waals surface area contributed by atoms with Crippen LogP contribution in [0.1, 0.15) is 70.4 Å². The predicted molar refractivity (Wildman–Crippen MR) is 93.4 cm³/mol. The molecule has 1 aliphatic heterocycles. The lowest BCUT2D eigenvalue weighted by molar-refractivity contribution is 0.425. The van der Waals surface area contributed by atoms with Gasteiger partial charge in [-0.2, -0.15) is 0 Å². The van der Waals surface area contributed by atoms with Crippen molar-refractivity contribution in [1.82, 2.24) is 10.3 Å². The Kier molecular flexibility index (Phi) is 6.06. The molecule has 0 radical (unpaired) electrons. The van der Waals surface area contributed by atoms with Gasteiger partial charge in [0, 0.05) is 30.1 Å². The fourth-order valence-corrected chi connectivity index (χ4v) is 3.84. The molecule has 1 N–H and O–H groups in total. The van der Waals surface area contributed by atoms with Crippen molar-refractivity contribution in [2.24, 2.45) is 0 Å². The summed E-state index contributed by atoms with van der Waals surface area (Å²) in [4.78, 5) is 8.87. The van der Waals surface area contributed by atoms with Crippen molar-refractivity contribution in [3.63, 3.8) is 0 Å². The second-order valence-electron chi connectivity index (χ2n) is 7.08. The van der Waals surface area contributed by atoms with Crippen LogP contribution in [0.25, 0.3) is 0 Å². The standard InChI is InChI=1S/C17H31N3S/c1-5-14-15(13-18-17(2,3)4)21-16(19-14)20-11-9-7-6-8-10-12-20/h18H,5-13H2,1-4H3. The number of rotatable bonds is 4. The summed E-state index contributed by atoms with van der Waals surface area (Å²) >= 11 is 1.90. The zero-order valence-electron chi connectivity index (χ0n) is 14.2. The van der Waals surface area contributed by atoms with E-state index in [2.05, 4.69) is 37.9 Å². The number of hydrogen-bond donors (Lipinski definition) is 1. The number of nitrogens with zero attached hydrogens (tertiary/aromatic N) is 2. The second kappa shape index (κ2) is 7.59. The Balaban J connectivity index is 2.07. The molecular formula is C17H31N3S. The molecule has 2 heterocycles. The zero-order valence-corrected chi connectivity index (χ0v) is 15.0. The molecular weight excluding hydrogens is 278 g/mol. The minimum atomic E-state index is 0.162. The van der Waals surface area contributed by atoms with Gasteiger partial charge in [0.25, 0.3) is 0 Å². The van der Waals surface area contributed by atoms with Gasteiger partial charge in [-0.15, -0.1) is 11.3 Å². The lowest BCUT2D eigenvalue weighted by Crippen LogP contribution is -2.35. The summed E-state index contributed by atoms with van der Waals surface area (Å²) in [5.41, 5.74) is 1.45. The summed E-state index contributed by atoms with van der Waals surface area (Å²) in [5.74, 6) is 0. The number of aryl methyl sites for hydroxylation is 1. The molecule has 1 aromatic rings. The Labute approximate surface area is 134 Å². The number of thiazole rings is 1. The number of aromatic nitrogens is 1. The van der Waals surface area contributed by atoms with Crippen LogP contribution in [0, 0.1) is 0 Å². The monoisotopic (exact) mass is 309 g/mol. The molecule has 21 heavy (non-hydrogen) atoms. The van der Waals surface area contributed by atoms with Gasteiger partial charge in [-0.1, -0.05) is 26.2 Å². The first kappa shape index (κ1) is 16.8. The average molecular weight is 310 g/mol. The maximum atomic E-state index is 4.93. The van der Waals surface area contributed by atoms with Gasteiger partial charge in [0.05, 0.1) is 5.69 Å². The van der Waals surface area contributed by atoms with Crippen LogP contribution >= 0.6 is 11.3 Å². The van der Waals surface area contributed by atoms with Gasteiger partial charge in [-0.25, -0.2) is 4.98 Å². The van der Waals surface area contributed by atoms with Gasteiger partial charge >= 0.3 is 0 Å². The summed E-state index contributed by atoms with van der Waals surface area (Å²) in [7, 11) is 0. The SMILES string of the molecule is CCc1nc(N2CCCCCCC2)sc1CNC(C)(C)C. The van der Waals surface area contributed by atoms with Crippen molar-refractivity contribution in [3.8, 4) is 0 Å². The normalized spacial score (nSPS) is 17.6. The second-order valence-corrected chi connectivity index (χ2v) is 8.14. The summed E-state index contributed by atoms with van der Waals surface area (Å²) in [5, 5.41) is 4.85. The highest BCUT2D eigenvalue weighted by Gasteiger charge is 2.18. The molecule has 0 spiro atoms. The highest BCUT2D eigenvalue weighted by Crippen LogP contribution is 2.28. The van der Waals surface area contributed by atoms with Crippen molar-refractivity contribution in [3.05, 3.63) is 10.6 Å². The van der Waals surface area contributed by atoms with E-state index in [9.17, 15) is 0 Å². The average Bonchev–Trinajstić information content (AvgIpc) is 2.78. The van der Waals surface area contributed by atoms with Crippen molar-refractivity contribution >= 4 is 16.5 Å². The minimum absolute atomic E-state index is 0.162. The molecule has 0 bridgehead atoms. The topological polar surface area (TPSA) is 28.2 Å². The molecule has 3 nitrogen and oxygen atoms in total. The molecule has 2 rings (SSSR count). The van der Waals surface area contributed by atoms with E-state index in [0.29, 0.717) is 0 Å². The molecule has 1 aromatic heterocycles. The maximum Gasteiger partial charge on any atom is 0.185 e. The van der Waals surface area contributed by atoms with Crippen molar-refractivity contribution in [1.29, 1.82) is 0 Å². The first-order chi connectivity index (χ1) is 9.99. The Bertz CT molecular complexity index is 426. The largest absolute Gasteiger partial charge is 0.348 e. The van der Waals surface area contributed by atoms with E-state index >= 15 is 0 Å². The summed E-state index contributed by atoms with van der Waals surface area (Å²) in [6.07, 6.45) is 7.83. The van der Waals surface area contributed by atoms with Crippen molar-refractivity contribution in [2.75, 3.05) is 18.0 Å². The van der Waals surface area contributed by atoms with Crippen LogP contribution in [0.5, 0.6) is 0 Å². The Hall–Kier alpha value is -0.610. The van der Waals surface area contributed by atoms with Crippen LogP contribution in [-0.4, -0.2) is 23.6 Å². The first-order valence-electron chi connectivity index (χ1n) is 8.48. The molecule has 1 aliphatic rings. The van der Waals surface area contributed by atoms with Gasteiger partial charge in [0.15, 0.2) is 5.13 Å². The van der Waals surface area contributed by atoms with Gasteiger partial charge in [0.1, 0.15) is 0 Å². The third kappa shape index (κ3) is 5.26. The zero-order chi connectivity index (χ0) is 15.3. The Morgan fingerprint density at radius 1 is 1.10 bits per heavy atom. The number of anilines is 1. The van der Waals surface area contributed by atoms with Crippen LogP contribution < -0.4 is 10.2 Å². The maximum absolute atomic E-state index is 4.93.